The average molecular weight is 365 g/mol. The normalized spacial score (nSPS) is 10.6. The molecule has 0 fully saturated rings. The van der Waals surface area contributed by atoms with E-state index in [0.717, 1.165) is 4.57 Å². The summed E-state index contributed by atoms with van der Waals surface area (Å²) in [5.41, 5.74) is -0.238. The zero-order chi connectivity index (χ0) is 19.6. The van der Waals surface area contributed by atoms with Gasteiger partial charge in [-0.05, 0) is 31.0 Å². The Balaban J connectivity index is 2.09. The molecule has 138 valence electrons. The summed E-state index contributed by atoms with van der Waals surface area (Å²) in [7, 11) is 1.32. The van der Waals surface area contributed by atoms with Gasteiger partial charge in [-0.1, -0.05) is 30.3 Å². The van der Waals surface area contributed by atoms with Gasteiger partial charge in [0, 0.05) is 17.8 Å². The second kappa shape index (κ2) is 7.33. The van der Waals surface area contributed by atoms with Gasteiger partial charge >= 0.3 is 5.97 Å². The number of benzene rings is 2. The number of ether oxygens (including phenoxy) is 1. The fraction of sp³-hybridized carbons (Fsp3) is 0.150. The molecule has 0 radical (unpaired) electrons. The van der Waals surface area contributed by atoms with Crippen LogP contribution >= 0.6 is 0 Å². The summed E-state index contributed by atoms with van der Waals surface area (Å²) in [5, 5.41) is 15.7. The molecule has 0 bridgehead atoms. The number of anilines is 1. The molecule has 0 aliphatic heterocycles. The minimum Gasteiger partial charge on any atom is -0.859 e. The molecule has 2 aromatic carbocycles. The van der Waals surface area contributed by atoms with Gasteiger partial charge in [-0.15, -0.1) is 0 Å². The van der Waals surface area contributed by atoms with Crippen molar-refractivity contribution >= 4 is 28.3 Å². The Hall–Kier alpha value is -3.61. The number of carbonyl (C=O) groups excluding carboxylic acids is 2. The van der Waals surface area contributed by atoms with Crippen LogP contribution in [0.2, 0.25) is 0 Å². The van der Waals surface area contributed by atoms with E-state index in [1.54, 1.807) is 49.4 Å². The fourth-order valence-electron chi connectivity index (χ4n) is 2.83. The number of amides is 1. The molecule has 7 nitrogen and oxygen atoms in total. The number of hydrogen-bond acceptors (Lipinski definition) is 5. The van der Waals surface area contributed by atoms with Crippen molar-refractivity contribution in [3.8, 4) is 5.88 Å². The van der Waals surface area contributed by atoms with Crippen LogP contribution < -0.4 is 16.0 Å². The molecular weight excluding hydrogens is 348 g/mol. The number of pyridine rings is 1. The first kappa shape index (κ1) is 18.2. The third-order valence-corrected chi connectivity index (χ3v) is 4.15. The predicted octanol–water partition coefficient (Wildman–Crippen LogP) is 2.04. The number of nitrogens with one attached hydrogen (secondary N) is 1. The lowest BCUT2D eigenvalue weighted by Gasteiger charge is -2.20. The molecule has 0 unspecified atom stereocenters. The van der Waals surface area contributed by atoms with E-state index in [9.17, 15) is 19.5 Å². The number of carbonyl (C=O) groups is 2. The van der Waals surface area contributed by atoms with E-state index in [0.29, 0.717) is 0 Å². The van der Waals surface area contributed by atoms with Crippen LogP contribution in [0.15, 0.2) is 53.3 Å². The summed E-state index contributed by atoms with van der Waals surface area (Å²) in [4.78, 5) is 37.2. The van der Waals surface area contributed by atoms with Crippen LogP contribution in [0.4, 0.5) is 5.69 Å². The molecule has 3 aromatic rings. The summed E-state index contributed by atoms with van der Waals surface area (Å²) in [5.74, 6) is -1.99. The SMILES string of the molecule is CCOC(=O)c1ccccc1NC(=O)c1c([O-])n(C)c(=O)c2ccccc12. The Morgan fingerprint density at radius 3 is 2.41 bits per heavy atom. The molecule has 0 aliphatic rings. The lowest BCUT2D eigenvalue weighted by atomic mass is 10.1. The van der Waals surface area contributed by atoms with Crippen LogP contribution in [0, 0.1) is 0 Å². The predicted molar refractivity (Wildman–Crippen MR) is 99.0 cm³/mol. The third-order valence-electron chi connectivity index (χ3n) is 4.15. The maximum atomic E-state index is 12.9. The van der Waals surface area contributed by atoms with Crippen molar-refractivity contribution in [2.24, 2.45) is 7.05 Å². The van der Waals surface area contributed by atoms with Crippen molar-refractivity contribution in [2.75, 3.05) is 11.9 Å². The van der Waals surface area contributed by atoms with E-state index in [1.165, 1.54) is 13.1 Å². The van der Waals surface area contributed by atoms with E-state index in [2.05, 4.69) is 5.32 Å². The number of para-hydroxylation sites is 1. The van der Waals surface area contributed by atoms with Gasteiger partial charge in [-0.3, -0.25) is 9.59 Å². The molecule has 1 aromatic heterocycles. The van der Waals surface area contributed by atoms with Gasteiger partial charge in [-0.25, -0.2) is 4.79 Å². The van der Waals surface area contributed by atoms with Crippen LogP contribution in [0.25, 0.3) is 10.8 Å². The Labute approximate surface area is 154 Å². The van der Waals surface area contributed by atoms with E-state index < -0.39 is 23.3 Å². The van der Waals surface area contributed by atoms with E-state index in [-0.39, 0.29) is 34.2 Å². The van der Waals surface area contributed by atoms with Crippen molar-refractivity contribution in [3.05, 3.63) is 70.0 Å². The summed E-state index contributed by atoms with van der Waals surface area (Å²) < 4.78 is 5.88. The lowest BCUT2D eigenvalue weighted by Crippen LogP contribution is -2.26. The standard InChI is InChI=1S/C20H18N2O5/c1-3-27-20(26)14-10-6-7-11-15(14)21-17(23)16-12-8-4-5-9-13(12)18(24)22(2)19(16)25/h4-11,25H,3H2,1-2H3,(H,21,23)/p-1. The van der Waals surface area contributed by atoms with Gasteiger partial charge in [0.1, 0.15) is 0 Å². The molecule has 27 heavy (non-hydrogen) atoms. The van der Waals surface area contributed by atoms with Crippen LogP contribution in [-0.4, -0.2) is 23.1 Å². The molecule has 7 heteroatoms. The van der Waals surface area contributed by atoms with E-state index in [4.69, 9.17) is 4.74 Å². The largest absolute Gasteiger partial charge is 0.859 e. The Morgan fingerprint density at radius 2 is 1.70 bits per heavy atom. The quantitative estimate of drug-likeness (QED) is 0.713. The summed E-state index contributed by atoms with van der Waals surface area (Å²) in [6, 6.07) is 12.8. The smallest absolute Gasteiger partial charge is 0.340 e. The first-order chi connectivity index (χ1) is 13.0. The third kappa shape index (κ3) is 3.27. The van der Waals surface area contributed by atoms with Crippen molar-refractivity contribution in [1.29, 1.82) is 0 Å². The van der Waals surface area contributed by atoms with Gasteiger partial charge in [0.15, 0.2) is 0 Å². The summed E-state index contributed by atoms with van der Waals surface area (Å²) in [6.45, 7) is 1.87. The summed E-state index contributed by atoms with van der Waals surface area (Å²) >= 11 is 0. The molecule has 0 saturated heterocycles. The molecule has 3 rings (SSSR count). The zero-order valence-corrected chi connectivity index (χ0v) is 14.8. The van der Waals surface area contributed by atoms with Crippen molar-refractivity contribution in [2.45, 2.75) is 6.92 Å². The minimum atomic E-state index is -0.705. The van der Waals surface area contributed by atoms with E-state index in [1.807, 2.05) is 0 Å². The maximum Gasteiger partial charge on any atom is 0.340 e. The molecule has 0 spiro atoms. The summed E-state index contributed by atoms with van der Waals surface area (Å²) in [6.07, 6.45) is 0. The van der Waals surface area contributed by atoms with Crippen LogP contribution in [-0.2, 0) is 11.8 Å². The number of hydrogen-bond donors (Lipinski definition) is 1. The topological polar surface area (TPSA) is 100 Å². The highest BCUT2D eigenvalue weighted by atomic mass is 16.5. The van der Waals surface area contributed by atoms with Gasteiger partial charge in [0.25, 0.3) is 11.5 Å². The van der Waals surface area contributed by atoms with Gasteiger partial charge in [0.2, 0.25) is 0 Å². The van der Waals surface area contributed by atoms with Crippen molar-refractivity contribution < 1.29 is 19.4 Å². The highest BCUT2D eigenvalue weighted by Crippen LogP contribution is 2.24. The van der Waals surface area contributed by atoms with Crippen LogP contribution in [0.3, 0.4) is 0 Å². The molecule has 0 aliphatic carbocycles. The van der Waals surface area contributed by atoms with Crippen molar-refractivity contribution in [3.63, 3.8) is 0 Å². The first-order valence-electron chi connectivity index (χ1n) is 8.32. The molecule has 0 atom stereocenters. The first-order valence-corrected chi connectivity index (χ1v) is 8.32. The highest BCUT2D eigenvalue weighted by Gasteiger charge is 2.19. The zero-order valence-electron chi connectivity index (χ0n) is 14.8. The fourth-order valence-corrected chi connectivity index (χ4v) is 2.83. The Morgan fingerprint density at radius 1 is 1.07 bits per heavy atom. The number of fused-ring (bicyclic) bond motifs is 1. The minimum absolute atomic E-state index is 0.161. The van der Waals surface area contributed by atoms with Gasteiger partial charge in [-0.2, -0.15) is 0 Å². The average Bonchev–Trinajstić information content (AvgIpc) is 2.67. The molecular formula is C20H17N2O5-. The van der Waals surface area contributed by atoms with Crippen LogP contribution in [0.5, 0.6) is 5.88 Å². The highest BCUT2D eigenvalue weighted by molar-refractivity contribution is 6.15. The lowest BCUT2D eigenvalue weighted by molar-refractivity contribution is -0.279. The second-order valence-corrected chi connectivity index (χ2v) is 5.81. The monoisotopic (exact) mass is 365 g/mol. The Kier molecular flexibility index (Phi) is 4.94. The second-order valence-electron chi connectivity index (χ2n) is 5.81. The number of rotatable bonds is 4. The number of aromatic nitrogens is 1. The number of nitrogens with zero attached hydrogens (tertiary/aromatic N) is 1. The van der Waals surface area contributed by atoms with Crippen LogP contribution in [0.1, 0.15) is 27.6 Å². The van der Waals surface area contributed by atoms with E-state index >= 15 is 0 Å². The Bertz CT molecular complexity index is 1100. The maximum absolute atomic E-state index is 12.9. The number of esters is 1. The molecule has 1 amide bonds. The molecule has 0 saturated carbocycles. The van der Waals surface area contributed by atoms with Gasteiger partial charge in [0.05, 0.1) is 23.4 Å². The van der Waals surface area contributed by atoms with Crippen molar-refractivity contribution in [1.82, 2.24) is 4.57 Å². The molecule has 1 heterocycles. The van der Waals surface area contributed by atoms with Gasteiger partial charge < -0.3 is 19.7 Å². The molecule has 1 N–H and O–H groups in total.